The van der Waals surface area contributed by atoms with Crippen molar-refractivity contribution in [3.05, 3.63) is 105 Å². The second-order valence-electron chi connectivity index (χ2n) is 7.00. The molecule has 1 saturated heterocycles. The summed E-state index contributed by atoms with van der Waals surface area (Å²) < 4.78 is 25.5. The molecule has 1 aromatic heterocycles. The lowest BCUT2D eigenvalue weighted by Crippen LogP contribution is -2.42. The van der Waals surface area contributed by atoms with Crippen molar-refractivity contribution in [3.63, 3.8) is 0 Å². The van der Waals surface area contributed by atoms with Gasteiger partial charge in [0.25, 0.3) is 5.56 Å². The molecule has 5 nitrogen and oxygen atoms in total. The molecular formula is C23H20FNO4. The molecule has 0 N–H and O–H groups in total. The Morgan fingerprint density at radius 2 is 1.79 bits per heavy atom. The zero-order chi connectivity index (χ0) is 20.4. The predicted octanol–water partition coefficient (Wildman–Crippen LogP) is 3.49. The first-order valence-corrected chi connectivity index (χ1v) is 9.30. The van der Waals surface area contributed by atoms with E-state index in [0.29, 0.717) is 18.7 Å². The molecule has 3 aromatic rings. The van der Waals surface area contributed by atoms with Crippen LogP contribution in [0.5, 0.6) is 0 Å². The maximum atomic E-state index is 13.3. The lowest BCUT2D eigenvalue weighted by Gasteiger charge is -2.42. The van der Waals surface area contributed by atoms with Gasteiger partial charge in [0, 0.05) is 18.7 Å². The van der Waals surface area contributed by atoms with Crippen molar-refractivity contribution >= 4 is 5.97 Å². The lowest BCUT2D eigenvalue weighted by molar-refractivity contribution is -0.123. The fourth-order valence-corrected chi connectivity index (χ4v) is 3.60. The summed E-state index contributed by atoms with van der Waals surface area (Å²) in [6, 6.07) is 16.6. The minimum Gasteiger partial charge on any atom is -0.465 e. The van der Waals surface area contributed by atoms with Gasteiger partial charge < -0.3 is 14.0 Å². The van der Waals surface area contributed by atoms with Crippen LogP contribution in [-0.2, 0) is 21.6 Å². The van der Waals surface area contributed by atoms with Crippen molar-refractivity contribution in [3.8, 4) is 0 Å². The van der Waals surface area contributed by atoms with Crippen molar-refractivity contribution < 1.29 is 18.7 Å². The van der Waals surface area contributed by atoms with Crippen LogP contribution < -0.4 is 5.56 Å². The van der Waals surface area contributed by atoms with Gasteiger partial charge in [0.15, 0.2) is 0 Å². The summed E-state index contributed by atoms with van der Waals surface area (Å²) in [7, 11) is 1.34. The standard InChI is InChI=1S/C23H20FNO4/c1-28-22(27)17-4-2-16(3-5-17)15-25-12-10-19(14-21(25)26)23(11-13-29-23)18-6-8-20(24)9-7-18/h2-10,12,14H,11,13,15H2,1H3. The van der Waals surface area contributed by atoms with Crippen LogP contribution in [0.15, 0.2) is 71.7 Å². The topological polar surface area (TPSA) is 57.5 Å². The zero-order valence-electron chi connectivity index (χ0n) is 15.9. The molecule has 6 heteroatoms. The number of benzene rings is 2. The van der Waals surface area contributed by atoms with E-state index in [1.54, 1.807) is 53.2 Å². The highest BCUT2D eigenvalue weighted by Gasteiger charge is 2.42. The third-order valence-electron chi connectivity index (χ3n) is 5.30. The van der Waals surface area contributed by atoms with Gasteiger partial charge in [0.2, 0.25) is 0 Å². The molecule has 0 saturated carbocycles. The van der Waals surface area contributed by atoms with Gasteiger partial charge in [-0.3, -0.25) is 4.79 Å². The van der Waals surface area contributed by atoms with Crippen molar-refractivity contribution in [1.29, 1.82) is 0 Å². The van der Waals surface area contributed by atoms with E-state index < -0.39 is 11.6 Å². The summed E-state index contributed by atoms with van der Waals surface area (Å²) in [6.45, 7) is 0.970. The van der Waals surface area contributed by atoms with Gasteiger partial charge in [-0.2, -0.15) is 0 Å². The van der Waals surface area contributed by atoms with Gasteiger partial charge in [-0.15, -0.1) is 0 Å². The number of carbonyl (C=O) groups excluding carboxylic acids is 1. The van der Waals surface area contributed by atoms with Crippen molar-refractivity contribution in [1.82, 2.24) is 4.57 Å². The predicted molar refractivity (Wildman–Crippen MR) is 105 cm³/mol. The minimum atomic E-state index is -0.700. The third kappa shape index (κ3) is 3.59. The molecule has 4 rings (SSSR count). The van der Waals surface area contributed by atoms with Crippen molar-refractivity contribution in [2.45, 2.75) is 18.6 Å². The number of carbonyl (C=O) groups is 1. The van der Waals surface area contributed by atoms with Crippen molar-refractivity contribution in [2.24, 2.45) is 0 Å². The number of hydrogen-bond acceptors (Lipinski definition) is 4. The molecule has 0 amide bonds. The number of aromatic nitrogens is 1. The van der Waals surface area contributed by atoms with E-state index >= 15 is 0 Å². The monoisotopic (exact) mass is 393 g/mol. The maximum absolute atomic E-state index is 13.3. The Kier molecular flexibility index (Phi) is 5.03. The van der Waals surface area contributed by atoms with Crippen LogP contribution in [-0.4, -0.2) is 24.3 Å². The fraction of sp³-hybridized carbons (Fsp3) is 0.217. The molecule has 1 atom stereocenters. The molecule has 1 aliphatic heterocycles. The summed E-state index contributed by atoms with van der Waals surface area (Å²) in [6.07, 6.45) is 2.47. The van der Waals surface area contributed by atoms with E-state index in [1.165, 1.54) is 19.2 Å². The normalized spacial score (nSPS) is 18.1. The zero-order valence-corrected chi connectivity index (χ0v) is 15.9. The molecule has 2 aromatic carbocycles. The summed E-state index contributed by atoms with van der Waals surface area (Å²) in [5, 5.41) is 0. The Labute approximate surface area is 167 Å². The molecule has 0 radical (unpaired) electrons. The van der Waals surface area contributed by atoms with E-state index in [1.807, 2.05) is 6.07 Å². The van der Waals surface area contributed by atoms with E-state index in [9.17, 15) is 14.0 Å². The Morgan fingerprint density at radius 3 is 2.34 bits per heavy atom. The van der Waals surface area contributed by atoms with Crippen LogP contribution in [0, 0.1) is 5.82 Å². The summed E-state index contributed by atoms with van der Waals surface area (Å²) in [4.78, 5) is 24.2. The average molecular weight is 393 g/mol. The molecule has 29 heavy (non-hydrogen) atoms. The fourth-order valence-electron chi connectivity index (χ4n) is 3.60. The largest absolute Gasteiger partial charge is 0.465 e. The highest BCUT2D eigenvalue weighted by Crippen LogP contribution is 2.43. The van der Waals surface area contributed by atoms with Gasteiger partial charge in [-0.05, 0) is 47.0 Å². The van der Waals surface area contributed by atoms with Crippen LogP contribution in [0.1, 0.15) is 33.5 Å². The number of nitrogens with zero attached hydrogens (tertiary/aromatic N) is 1. The van der Waals surface area contributed by atoms with Gasteiger partial charge in [-0.25, -0.2) is 9.18 Å². The smallest absolute Gasteiger partial charge is 0.337 e. The summed E-state index contributed by atoms with van der Waals surface area (Å²) >= 11 is 0. The first-order chi connectivity index (χ1) is 14.0. The second kappa shape index (κ2) is 7.64. The molecule has 0 spiro atoms. The highest BCUT2D eigenvalue weighted by molar-refractivity contribution is 5.89. The van der Waals surface area contributed by atoms with Crippen LogP contribution in [0.25, 0.3) is 0 Å². The van der Waals surface area contributed by atoms with Crippen LogP contribution in [0.4, 0.5) is 4.39 Å². The van der Waals surface area contributed by atoms with Crippen LogP contribution in [0.3, 0.4) is 0 Å². The maximum Gasteiger partial charge on any atom is 0.337 e. The Morgan fingerprint density at radius 1 is 1.10 bits per heavy atom. The Hall–Kier alpha value is -3.25. The summed E-state index contributed by atoms with van der Waals surface area (Å²) in [5.41, 5.74) is 2.09. The molecule has 1 unspecified atom stereocenters. The van der Waals surface area contributed by atoms with E-state index in [4.69, 9.17) is 9.47 Å². The first kappa shape index (κ1) is 19.1. The SMILES string of the molecule is COC(=O)c1ccc(Cn2ccc(C3(c4ccc(F)cc4)CCO3)cc2=O)cc1. The number of pyridine rings is 1. The number of halogens is 1. The van der Waals surface area contributed by atoms with Crippen LogP contribution >= 0.6 is 0 Å². The first-order valence-electron chi connectivity index (χ1n) is 9.30. The molecule has 0 bridgehead atoms. The molecule has 1 fully saturated rings. The van der Waals surface area contributed by atoms with E-state index in [0.717, 1.165) is 23.1 Å². The van der Waals surface area contributed by atoms with Crippen molar-refractivity contribution in [2.75, 3.05) is 13.7 Å². The summed E-state index contributed by atoms with van der Waals surface area (Å²) in [5.74, 6) is -0.707. The number of rotatable bonds is 5. The van der Waals surface area contributed by atoms with Crippen LogP contribution in [0.2, 0.25) is 0 Å². The minimum absolute atomic E-state index is 0.156. The highest BCUT2D eigenvalue weighted by atomic mass is 19.1. The number of methoxy groups -OCH3 is 1. The number of esters is 1. The lowest BCUT2D eigenvalue weighted by atomic mass is 9.80. The molecule has 148 valence electrons. The van der Waals surface area contributed by atoms with Gasteiger partial charge >= 0.3 is 5.97 Å². The van der Waals surface area contributed by atoms with Gasteiger partial charge in [0.05, 0.1) is 25.8 Å². The quantitative estimate of drug-likeness (QED) is 0.623. The molecule has 1 aliphatic rings. The van der Waals surface area contributed by atoms with E-state index in [2.05, 4.69) is 0 Å². The number of hydrogen-bond donors (Lipinski definition) is 0. The van der Waals surface area contributed by atoms with Gasteiger partial charge in [-0.1, -0.05) is 24.3 Å². The second-order valence-corrected chi connectivity index (χ2v) is 7.00. The van der Waals surface area contributed by atoms with E-state index in [-0.39, 0.29) is 11.4 Å². The Bertz CT molecular complexity index is 1080. The van der Waals surface area contributed by atoms with Gasteiger partial charge in [0.1, 0.15) is 11.4 Å². The Balaban J connectivity index is 1.59. The molecule has 0 aliphatic carbocycles. The molecule has 2 heterocycles. The molecular weight excluding hydrogens is 373 g/mol. The average Bonchev–Trinajstić information content (AvgIpc) is 2.70. The third-order valence-corrected chi connectivity index (χ3v) is 5.30. The number of ether oxygens (including phenoxy) is 2.